The Balaban J connectivity index is 1.82. The number of nitrogens with zero attached hydrogens (tertiary/aromatic N) is 1. The number of halogens is 2. The molecule has 0 spiro atoms. The van der Waals surface area contributed by atoms with E-state index in [-0.39, 0.29) is 28.8 Å². The van der Waals surface area contributed by atoms with Gasteiger partial charge in [0.15, 0.2) is 0 Å². The number of rotatable bonds is 7. The molecule has 1 atom stereocenters. The number of amides is 2. The van der Waals surface area contributed by atoms with Gasteiger partial charge in [-0.3, -0.25) is 14.5 Å². The molecular formula is C19H27ClFN3O2. The predicted octanol–water partition coefficient (Wildman–Crippen LogP) is 3.43. The molecule has 2 amide bonds. The van der Waals surface area contributed by atoms with Gasteiger partial charge in [-0.25, -0.2) is 4.39 Å². The number of anilines is 1. The SMILES string of the molecule is CCCCNC(=O)C1CCN([C@H](C)C(=O)Nc2ccc(F)cc2Cl)CC1. The molecule has 0 unspecified atom stereocenters. The molecule has 1 heterocycles. The zero-order valence-electron chi connectivity index (χ0n) is 15.4. The third kappa shape index (κ3) is 5.68. The van der Waals surface area contributed by atoms with Gasteiger partial charge < -0.3 is 10.6 Å². The van der Waals surface area contributed by atoms with Gasteiger partial charge in [-0.15, -0.1) is 0 Å². The van der Waals surface area contributed by atoms with E-state index in [9.17, 15) is 14.0 Å². The molecule has 1 aromatic rings. The molecule has 26 heavy (non-hydrogen) atoms. The summed E-state index contributed by atoms with van der Waals surface area (Å²) in [6, 6.07) is 3.54. The second-order valence-corrected chi connectivity index (χ2v) is 7.15. The molecule has 1 aliphatic rings. The van der Waals surface area contributed by atoms with Crippen molar-refractivity contribution in [2.45, 2.75) is 45.6 Å². The fourth-order valence-corrected chi connectivity index (χ4v) is 3.29. The maximum Gasteiger partial charge on any atom is 0.241 e. The van der Waals surface area contributed by atoms with Gasteiger partial charge >= 0.3 is 0 Å². The maximum atomic E-state index is 13.1. The smallest absolute Gasteiger partial charge is 0.241 e. The van der Waals surface area contributed by atoms with E-state index in [0.29, 0.717) is 18.8 Å². The van der Waals surface area contributed by atoms with Crippen LogP contribution in [-0.4, -0.2) is 42.4 Å². The minimum Gasteiger partial charge on any atom is -0.356 e. The van der Waals surface area contributed by atoms with Crippen molar-refractivity contribution in [1.29, 1.82) is 0 Å². The van der Waals surface area contributed by atoms with Gasteiger partial charge in [0.1, 0.15) is 5.82 Å². The lowest BCUT2D eigenvalue weighted by atomic mass is 9.95. The highest BCUT2D eigenvalue weighted by molar-refractivity contribution is 6.33. The number of hydrogen-bond donors (Lipinski definition) is 2. The molecule has 7 heteroatoms. The van der Waals surface area contributed by atoms with Gasteiger partial charge in [0.2, 0.25) is 11.8 Å². The van der Waals surface area contributed by atoms with Crippen molar-refractivity contribution >= 4 is 29.1 Å². The van der Waals surface area contributed by atoms with Gasteiger partial charge in [-0.05, 0) is 57.5 Å². The molecule has 2 N–H and O–H groups in total. The van der Waals surface area contributed by atoms with E-state index < -0.39 is 5.82 Å². The summed E-state index contributed by atoms with van der Waals surface area (Å²) in [4.78, 5) is 26.6. The predicted molar refractivity (Wildman–Crippen MR) is 102 cm³/mol. The van der Waals surface area contributed by atoms with Crippen LogP contribution in [0, 0.1) is 11.7 Å². The number of likely N-dealkylation sites (tertiary alicyclic amines) is 1. The van der Waals surface area contributed by atoms with Crippen molar-refractivity contribution in [1.82, 2.24) is 10.2 Å². The van der Waals surface area contributed by atoms with Gasteiger partial charge in [0.25, 0.3) is 0 Å². The van der Waals surface area contributed by atoms with Crippen LogP contribution in [0.4, 0.5) is 10.1 Å². The Morgan fingerprint density at radius 3 is 2.65 bits per heavy atom. The second kappa shape index (κ2) is 9.88. The van der Waals surface area contributed by atoms with Crippen molar-refractivity contribution in [3.63, 3.8) is 0 Å². The average molecular weight is 384 g/mol. The summed E-state index contributed by atoms with van der Waals surface area (Å²) in [5.41, 5.74) is 0.398. The summed E-state index contributed by atoms with van der Waals surface area (Å²) in [7, 11) is 0. The number of benzene rings is 1. The van der Waals surface area contributed by atoms with E-state index in [2.05, 4.69) is 22.5 Å². The maximum absolute atomic E-state index is 13.1. The Hall–Kier alpha value is -1.66. The number of carbonyl (C=O) groups excluding carboxylic acids is 2. The van der Waals surface area contributed by atoms with Gasteiger partial charge in [0.05, 0.1) is 16.8 Å². The van der Waals surface area contributed by atoms with Crippen molar-refractivity contribution < 1.29 is 14.0 Å². The average Bonchev–Trinajstić information content (AvgIpc) is 2.63. The summed E-state index contributed by atoms with van der Waals surface area (Å²) in [6.45, 7) is 6.03. The van der Waals surface area contributed by atoms with Crippen LogP contribution in [0.25, 0.3) is 0 Å². The Bertz CT molecular complexity index is 633. The minimum absolute atomic E-state index is 0.0184. The van der Waals surface area contributed by atoms with E-state index in [1.54, 1.807) is 0 Å². The summed E-state index contributed by atoms with van der Waals surface area (Å²) in [5, 5.41) is 5.90. The van der Waals surface area contributed by atoms with E-state index >= 15 is 0 Å². The lowest BCUT2D eigenvalue weighted by Crippen LogP contribution is -2.48. The molecule has 1 aromatic carbocycles. The van der Waals surface area contributed by atoms with Crippen molar-refractivity contribution in [3.05, 3.63) is 29.0 Å². The van der Waals surface area contributed by atoms with E-state index in [1.807, 2.05) is 6.92 Å². The van der Waals surface area contributed by atoms with Crippen LogP contribution in [0.1, 0.15) is 39.5 Å². The monoisotopic (exact) mass is 383 g/mol. The summed E-state index contributed by atoms with van der Waals surface area (Å²) >= 11 is 5.96. The third-order valence-corrected chi connectivity index (χ3v) is 5.16. The fraction of sp³-hybridized carbons (Fsp3) is 0.579. The van der Waals surface area contributed by atoms with E-state index in [1.165, 1.54) is 18.2 Å². The molecular weight excluding hydrogens is 357 g/mol. The van der Waals surface area contributed by atoms with Gasteiger partial charge in [-0.2, -0.15) is 0 Å². The van der Waals surface area contributed by atoms with Crippen LogP contribution in [0.3, 0.4) is 0 Å². The molecule has 1 fully saturated rings. The number of unbranched alkanes of at least 4 members (excludes halogenated alkanes) is 1. The van der Waals surface area contributed by atoms with Gasteiger partial charge in [0, 0.05) is 12.5 Å². The first-order valence-corrected chi connectivity index (χ1v) is 9.57. The molecule has 1 saturated heterocycles. The minimum atomic E-state index is -0.444. The molecule has 0 bridgehead atoms. The van der Waals surface area contributed by atoms with Crippen LogP contribution in [0.2, 0.25) is 5.02 Å². The standard InChI is InChI=1S/C19H27ClFN3O2/c1-3-4-9-22-19(26)14-7-10-24(11-8-14)13(2)18(25)23-17-6-5-15(21)12-16(17)20/h5-6,12-14H,3-4,7-11H2,1-2H3,(H,22,26)(H,23,25)/t13-/m1/s1. The van der Waals surface area contributed by atoms with Crippen LogP contribution >= 0.6 is 11.6 Å². The molecule has 1 aliphatic heterocycles. The third-order valence-electron chi connectivity index (χ3n) is 4.85. The molecule has 0 saturated carbocycles. The van der Waals surface area contributed by atoms with Crippen molar-refractivity contribution in [3.8, 4) is 0 Å². The zero-order chi connectivity index (χ0) is 19.1. The van der Waals surface area contributed by atoms with Crippen LogP contribution < -0.4 is 10.6 Å². The molecule has 2 rings (SSSR count). The topological polar surface area (TPSA) is 61.4 Å². The zero-order valence-corrected chi connectivity index (χ0v) is 16.1. The number of nitrogens with one attached hydrogen (secondary N) is 2. The fourth-order valence-electron chi connectivity index (χ4n) is 3.08. The number of piperidine rings is 1. The Labute approximate surface area is 159 Å². The van der Waals surface area contributed by atoms with Crippen LogP contribution in [-0.2, 0) is 9.59 Å². The largest absolute Gasteiger partial charge is 0.356 e. The molecule has 0 aliphatic carbocycles. The summed E-state index contributed by atoms with van der Waals surface area (Å²) in [6.07, 6.45) is 3.54. The first-order valence-electron chi connectivity index (χ1n) is 9.20. The number of carbonyl (C=O) groups is 2. The molecule has 0 radical (unpaired) electrons. The highest BCUT2D eigenvalue weighted by Gasteiger charge is 2.29. The lowest BCUT2D eigenvalue weighted by Gasteiger charge is -2.34. The highest BCUT2D eigenvalue weighted by atomic mass is 35.5. The summed E-state index contributed by atoms with van der Waals surface area (Å²) < 4.78 is 13.1. The molecule has 144 valence electrons. The van der Waals surface area contributed by atoms with E-state index in [4.69, 9.17) is 11.6 Å². The summed E-state index contributed by atoms with van der Waals surface area (Å²) in [5.74, 6) is -0.497. The Morgan fingerprint density at radius 2 is 2.04 bits per heavy atom. The molecule has 0 aromatic heterocycles. The normalized spacial score (nSPS) is 16.9. The highest BCUT2D eigenvalue weighted by Crippen LogP contribution is 2.24. The van der Waals surface area contributed by atoms with Crippen LogP contribution in [0.5, 0.6) is 0 Å². The Morgan fingerprint density at radius 1 is 1.35 bits per heavy atom. The van der Waals surface area contributed by atoms with E-state index in [0.717, 1.165) is 32.2 Å². The number of hydrogen-bond acceptors (Lipinski definition) is 3. The first-order chi connectivity index (χ1) is 12.4. The van der Waals surface area contributed by atoms with Crippen molar-refractivity contribution in [2.75, 3.05) is 25.0 Å². The lowest BCUT2D eigenvalue weighted by molar-refractivity contribution is -0.127. The second-order valence-electron chi connectivity index (χ2n) is 6.74. The van der Waals surface area contributed by atoms with Gasteiger partial charge in [-0.1, -0.05) is 24.9 Å². The molecule has 5 nitrogen and oxygen atoms in total. The first kappa shape index (κ1) is 20.6. The van der Waals surface area contributed by atoms with Crippen molar-refractivity contribution in [2.24, 2.45) is 5.92 Å². The van der Waals surface area contributed by atoms with Crippen LogP contribution in [0.15, 0.2) is 18.2 Å². The quantitative estimate of drug-likeness (QED) is 0.709. The Kier molecular flexibility index (Phi) is 7.85.